The first-order valence-electron chi connectivity index (χ1n) is 12.1. The zero-order valence-electron chi connectivity index (χ0n) is 20.5. The lowest BCUT2D eigenvalue weighted by Gasteiger charge is -2.37. The second-order valence-electron chi connectivity index (χ2n) is 9.94. The number of likely N-dealkylation sites (tertiary alicyclic amines) is 1. The Labute approximate surface area is 211 Å². The molecule has 0 bridgehead atoms. The van der Waals surface area contributed by atoms with Crippen molar-refractivity contribution in [2.75, 3.05) is 18.4 Å². The van der Waals surface area contributed by atoms with Crippen molar-refractivity contribution in [1.82, 2.24) is 14.5 Å². The second-order valence-corrected chi connectivity index (χ2v) is 9.94. The van der Waals surface area contributed by atoms with Crippen LogP contribution in [0.3, 0.4) is 0 Å². The van der Waals surface area contributed by atoms with E-state index in [9.17, 15) is 22.8 Å². The van der Waals surface area contributed by atoms with E-state index in [1.807, 2.05) is 26.0 Å². The Morgan fingerprint density at radius 2 is 1.81 bits per heavy atom. The average Bonchev–Trinajstić information content (AvgIpc) is 3.63. The first kappa shape index (κ1) is 25.0. The highest BCUT2D eigenvalue weighted by atomic mass is 19.4. The highest BCUT2D eigenvalue weighted by Crippen LogP contribution is 2.44. The maximum absolute atomic E-state index is 13.8. The smallest absolute Gasteiger partial charge is 0.418 e. The summed E-state index contributed by atoms with van der Waals surface area (Å²) in [5.74, 6) is -1.17. The molecule has 2 fully saturated rings. The summed E-state index contributed by atoms with van der Waals surface area (Å²) >= 11 is 0. The first-order chi connectivity index (χ1) is 17.5. The fourth-order valence-electron chi connectivity index (χ4n) is 4.84. The highest BCUT2D eigenvalue weighted by molar-refractivity contribution is 5.71. The number of carboxylic acids is 1. The van der Waals surface area contributed by atoms with Crippen molar-refractivity contribution in [1.29, 1.82) is 0 Å². The molecule has 0 atom stereocenters. The van der Waals surface area contributed by atoms with Crippen LogP contribution in [0.5, 0.6) is 0 Å². The van der Waals surface area contributed by atoms with Crippen LogP contribution in [0.15, 0.2) is 47.5 Å². The monoisotopic (exact) mass is 512 g/mol. The maximum Gasteiger partial charge on any atom is 0.418 e. The van der Waals surface area contributed by atoms with E-state index >= 15 is 0 Å². The summed E-state index contributed by atoms with van der Waals surface area (Å²) in [6.45, 7) is 5.44. The quantitative estimate of drug-likeness (QED) is 0.463. The van der Waals surface area contributed by atoms with Crippen molar-refractivity contribution in [2.24, 2.45) is 5.92 Å². The highest BCUT2D eigenvalue weighted by Gasteiger charge is 2.36. The van der Waals surface area contributed by atoms with Gasteiger partial charge < -0.3 is 10.4 Å². The predicted octanol–water partition coefficient (Wildman–Crippen LogP) is 5.01. The molecule has 10 heteroatoms. The number of rotatable bonds is 7. The Bertz CT molecular complexity index is 1400. The van der Waals surface area contributed by atoms with E-state index in [2.05, 4.69) is 15.2 Å². The molecule has 2 heterocycles. The molecule has 0 radical (unpaired) electrons. The van der Waals surface area contributed by atoms with Crippen LogP contribution < -0.4 is 10.9 Å². The Morgan fingerprint density at radius 3 is 2.41 bits per heavy atom. The average molecular weight is 513 g/mol. The van der Waals surface area contributed by atoms with E-state index in [1.54, 1.807) is 6.07 Å². The molecule has 0 unspecified atom stereocenters. The molecule has 1 aliphatic heterocycles. The van der Waals surface area contributed by atoms with Gasteiger partial charge in [0.1, 0.15) is 0 Å². The number of aryl methyl sites for hydroxylation is 2. The number of carbonyl (C=O) groups is 1. The molecule has 7 nitrogen and oxygen atoms in total. The molecule has 1 aromatic heterocycles. The molecule has 0 amide bonds. The maximum atomic E-state index is 13.8. The topological polar surface area (TPSA) is 87.5 Å². The van der Waals surface area contributed by atoms with Gasteiger partial charge in [-0.15, -0.1) is 0 Å². The lowest BCUT2D eigenvalue weighted by Crippen LogP contribution is -2.49. The van der Waals surface area contributed by atoms with Crippen LogP contribution in [0, 0.1) is 19.8 Å². The fourth-order valence-corrected chi connectivity index (χ4v) is 4.84. The molecule has 37 heavy (non-hydrogen) atoms. The summed E-state index contributed by atoms with van der Waals surface area (Å²) in [4.78, 5) is 30.4. The van der Waals surface area contributed by atoms with Crippen LogP contribution in [0.25, 0.3) is 5.69 Å². The van der Waals surface area contributed by atoms with Gasteiger partial charge >= 0.3 is 12.1 Å². The Morgan fingerprint density at radius 1 is 1.14 bits per heavy atom. The van der Waals surface area contributed by atoms with E-state index in [0.717, 1.165) is 35.6 Å². The van der Waals surface area contributed by atoms with Gasteiger partial charge in [-0.3, -0.25) is 19.1 Å². The van der Waals surface area contributed by atoms with Crippen molar-refractivity contribution in [3.05, 3.63) is 80.9 Å². The third-order valence-electron chi connectivity index (χ3n) is 7.14. The summed E-state index contributed by atoms with van der Waals surface area (Å²) in [5, 5.41) is 11.7. The third kappa shape index (κ3) is 5.11. The minimum Gasteiger partial charge on any atom is -0.481 e. The van der Waals surface area contributed by atoms with Gasteiger partial charge in [0.25, 0.3) is 5.56 Å². The number of hydrogen-bond acceptors (Lipinski definition) is 5. The number of hydrogen-bond donors (Lipinski definition) is 2. The van der Waals surface area contributed by atoms with E-state index in [0.29, 0.717) is 30.9 Å². The van der Waals surface area contributed by atoms with E-state index < -0.39 is 23.3 Å². The molecular weight excluding hydrogens is 485 g/mol. The molecule has 1 saturated heterocycles. The van der Waals surface area contributed by atoms with Gasteiger partial charge in [0, 0.05) is 37.7 Å². The molecule has 2 aliphatic rings. The number of nitrogens with zero attached hydrogens (tertiary/aromatic N) is 3. The molecule has 1 aliphatic carbocycles. The molecule has 2 aromatic carbocycles. The molecule has 1 saturated carbocycles. The van der Waals surface area contributed by atoms with Crippen molar-refractivity contribution >= 4 is 17.5 Å². The summed E-state index contributed by atoms with van der Waals surface area (Å²) in [7, 11) is 0. The zero-order chi connectivity index (χ0) is 26.5. The summed E-state index contributed by atoms with van der Waals surface area (Å²) in [6, 6.07) is 7.87. The van der Waals surface area contributed by atoms with Gasteiger partial charge in [-0.05, 0) is 79.1 Å². The van der Waals surface area contributed by atoms with Gasteiger partial charge in [-0.2, -0.15) is 13.2 Å². The zero-order valence-corrected chi connectivity index (χ0v) is 20.5. The van der Waals surface area contributed by atoms with Gasteiger partial charge in [0.2, 0.25) is 0 Å². The summed E-state index contributed by atoms with van der Waals surface area (Å²) in [6.07, 6.45) is 0.0441. The van der Waals surface area contributed by atoms with Crippen LogP contribution in [-0.2, 0) is 17.5 Å². The summed E-state index contributed by atoms with van der Waals surface area (Å²) in [5.41, 5.74) is 2.54. The minimum absolute atomic E-state index is 0.163. The van der Waals surface area contributed by atoms with Gasteiger partial charge in [-0.25, -0.2) is 4.98 Å². The second kappa shape index (κ2) is 9.33. The Hall–Kier alpha value is -3.66. The Balaban J connectivity index is 1.42. The molecule has 0 spiro atoms. The molecule has 3 aromatic rings. The number of aromatic nitrogens is 2. The van der Waals surface area contributed by atoms with Gasteiger partial charge in [0.05, 0.1) is 17.2 Å². The van der Waals surface area contributed by atoms with Crippen LogP contribution in [-0.4, -0.2) is 38.6 Å². The van der Waals surface area contributed by atoms with Crippen molar-refractivity contribution in [3.63, 3.8) is 0 Å². The number of benzene rings is 2. The number of carboxylic acid groups (broad SMARTS) is 1. The number of anilines is 2. The third-order valence-corrected chi connectivity index (χ3v) is 7.14. The van der Waals surface area contributed by atoms with Crippen molar-refractivity contribution in [3.8, 4) is 5.69 Å². The number of alkyl halides is 3. The standard InChI is InChI=1S/C27H27F3N4O3/c1-15-9-20(10-16(2)21(15)14-33-12-19(13-33)26(36)37)34-8-7-31-24(25(34)35)32-23-6-5-18(17-3-4-17)11-22(23)27(28,29)30/h5-11,17,19H,3-4,12-14H2,1-2H3,(H,31,32)(H,36,37). The minimum atomic E-state index is -4.58. The SMILES string of the molecule is Cc1cc(-n2ccnc(Nc3ccc(C4CC4)cc3C(F)(F)F)c2=O)cc(C)c1CN1CC(C(=O)O)C1. The molecular formula is C27H27F3N4O3. The molecule has 194 valence electrons. The van der Waals surface area contributed by atoms with E-state index in [4.69, 9.17) is 5.11 Å². The fraction of sp³-hybridized carbons (Fsp3) is 0.370. The normalized spacial score (nSPS) is 16.5. The summed E-state index contributed by atoms with van der Waals surface area (Å²) < 4.78 is 42.7. The molecule has 2 N–H and O–H groups in total. The number of aliphatic carboxylic acids is 1. The largest absolute Gasteiger partial charge is 0.481 e. The van der Waals surface area contributed by atoms with E-state index in [-0.39, 0.29) is 23.3 Å². The lowest BCUT2D eigenvalue weighted by molar-refractivity contribution is -0.147. The number of nitrogens with one attached hydrogen (secondary N) is 1. The molecule has 5 rings (SSSR count). The predicted molar refractivity (Wildman–Crippen MR) is 132 cm³/mol. The van der Waals surface area contributed by atoms with Crippen molar-refractivity contribution in [2.45, 2.75) is 45.3 Å². The van der Waals surface area contributed by atoms with Crippen molar-refractivity contribution < 1.29 is 23.1 Å². The van der Waals surface area contributed by atoms with Crippen LogP contribution in [0.1, 0.15) is 46.6 Å². The van der Waals surface area contributed by atoms with Crippen LogP contribution in [0.2, 0.25) is 0 Å². The van der Waals surface area contributed by atoms with Gasteiger partial charge in [0.15, 0.2) is 5.82 Å². The van der Waals surface area contributed by atoms with Crippen LogP contribution in [0.4, 0.5) is 24.7 Å². The first-order valence-corrected chi connectivity index (χ1v) is 12.1. The van der Waals surface area contributed by atoms with Gasteiger partial charge in [-0.1, -0.05) is 6.07 Å². The Kier molecular flexibility index (Phi) is 6.31. The van der Waals surface area contributed by atoms with Crippen LogP contribution >= 0.6 is 0 Å². The lowest BCUT2D eigenvalue weighted by atomic mass is 9.96. The number of halogens is 3. The van der Waals surface area contributed by atoms with E-state index in [1.165, 1.54) is 23.0 Å².